The summed E-state index contributed by atoms with van der Waals surface area (Å²) >= 11 is 0. The fourth-order valence-corrected chi connectivity index (χ4v) is 2.89. The molecular formula is C16H22N2O2. The molecule has 1 aliphatic rings. The highest BCUT2D eigenvalue weighted by atomic mass is 16.2. The third kappa shape index (κ3) is 1.82. The quantitative estimate of drug-likeness (QED) is 0.917. The minimum Gasteiger partial charge on any atom is -0.339 e. The van der Waals surface area contributed by atoms with E-state index in [2.05, 4.69) is 5.32 Å². The standard InChI is InChI=1S/C16H22N2O2/c1-5-16(6-2)14(20)18(4)15(3,13(19)17-16)12-10-8-7-9-11-12/h7-11H,5-6H2,1-4H3,(H,17,19). The lowest BCUT2D eigenvalue weighted by Crippen LogP contribution is -2.72. The number of benzene rings is 1. The van der Waals surface area contributed by atoms with Crippen LogP contribution >= 0.6 is 0 Å². The molecule has 1 unspecified atom stereocenters. The summed E-state index contributed by atoms with van der Waals surface area (Å²) in [4.78, 5) is 27.0. The number of carbonyl (C=O) groups is 2. The molecule has 1 aromatic carbocycles. The van der Waals surface area contributed by atoms with E-state index in [0.717, 1.165) is 5.56 Å². The monoisotopic (exact) mass is 274 g/mol. The molecule has 20 heavy (non-hydrogen) atoms. The second-order valence-electron chi connectivity index (χ2n) is 5.55. The summed E-state index contributed by atoms with van der Waals surface area (Å²) in [5.41, 5.74) is -0.888. The molecule has 0 saturated carbocycles. The Morgan fingerprint density at radius 3 is 2.15 bits per heavy atom. The summed E-state index contributed by atoms with van der Waals surface area (Å²) in [6, 6.07) is 9.43. The predicted molar refractivity (Wildman–Crippen MR) is 78.0 cm³/mol. The van der Waals surface area contributed by atoms with Crippen LogP contribution in [0.4, 0.5) is 0 Å². The minimum absolute atomic E-state index is 0.0200. The van der Waals surface area contributed by atoms with Gasteiger partial charge in [0, 0.05) is 7.05 Å². The van der Waals surface area contributed by atoms with Crippen molar-refractivity contribution in [3.63, 3.8) is 0 Å². The summed E-state index contributed by atoms with van der Waals surface area (Å²) in [7, 11) is 1.72. The lowest BCUT2D eigenvalue weighted by atomic mass is 9.80. The van der Waals surface area contributed by atoms with E-state index >= 15 is 0 Å². The minimum atomic E-state index is -0.952. The zero-order valence-electron chi connectivity index (χ0n) is 12.6. The van der Waals surface area contributed by atoms with Gasteiger partial charge in [-0.1, -0.05) is 44.2 Å². The van der Waals surface area contributed by atoms with Crippen LogP contribution in [0.5, 0.6) is 0 Å². The van der Waals surface area contributed by atoms with Gasteiger partial charge < -0.3 is 10.2 Å². The Morgan fingerprint density at radius 2 is 1.65 bits per heavy atom. The van der Waals surface area contributed by atoms with Gasteiger partial charge in [0.15, 0.2) is 0 Å². The van der Waals surface area contributed by atoms with Gasteiger partial charge in [0.05, 0.1) is 0 Å². The Bertz CT molecular complexity index is 523. The largest absolute Gasteiger partial charge is 0.339 e. The zero-order chi connectivity index (χ0) is 15.0. The van der Waals surface area contributed by atoms with Crippen molar-refractivity contribution in [3.8, 4) is 0 Å². The maximum atomic E-state index is 12.8. The zero-order valence-corrected chi connectivity index (χ0v) is 12.6. The molecule has 1 saturated heterocycles. The number of hydrogen-bond donors (Lipinski definition) is 1. The number of nitrogens with zero attached hydrogens (tertiary/aromatic N) is 1. The van der Waals surface area contributed by atoms with Crippen molar-refractivity contribution in [1.29, 1.82) is 0 Å². The Labute approximate surface area is 120 Å². The second kappa shape index (κ2) is 4.93. The molecular weight excluding hydrogens is 252 g/mol. The molecule has 1 aliphatic heterocycles. The van der Waals surface area contributed by atoms with Gasteiger partial charge in [-0.25, -0.2) is 0 Å². The van der Waals surface area contributed by atoms with Crippen LogP contribution in [0.3, 0.4) is 0 Å². The highest BCUT2D eigenvalue weighted by molar-refractivity contribution is 6.02. The fourth-order valence-electron chi connectivity index (χ4n) is 2.89. The summed E-state index contributed by atoms with van der Waals surface area (Å²) in [6.45, 7) is 5.66. The summed E-state index contributed by atoms with van der Waals surface area (Å²) in [5.74, 6) is -0.136. The second-order valence-corrected chi connectivity index (χ2v) is 5.55. The average Bonchev–Trinajstić information content (AvgIpc) is 2.50. The number of likely N-dealkylation sites (N-methyl/N-ethyl adjacent to an activating group) is 1. The van der Waals surface area contributed by atoms with Gasteiger partial charge in [-0.15, -0.1) is 0 Å². The molecule has 0 radical (unpaired) electrons. The molecule has 4 nitrogen and oxygen atoms in total. The van der Waals surface area contributed by atoms with Crippen LogP contribution in [0.15, 0.2) is 30.3 Å². The molecule has 2 rings (SSSR count). The number of nitrogens with one attached hydrogen (secondary N) is 1. The first-order valence-electron chi connectivity index (χ1n) is 7.08. The van der Waals surface area contributed by atoms with Crippen LogP contribution in [0.1, 0.15) is 39.2 Å². The number of hydrogen-bond acceptors (Lipinski definition) is 2. The topological polar surface area (TPSA) is 49.4 Å². The van der Waals surface area contributed by atoms with Crippen LogP contribution in [0, 0.1) is 0 Å². The summed E-state index contributed by atoms with van der Waals surface area (Å²) in [6.07, 6.45) is 1.20. The van der Waals surface area contributed by atoms with E-state index in [9.17, 15) is 9.59 Å². The Hall–Kier alpha value is -1.84. The number of piperazine rings is 1. The van der Waals surface area contributed by atoms with Gasteiger partial charge in [0.2, 0.25) is 5.91 Å². The van der Waals surface area contributed by atoms with Crippen molar-refractivity contribution in [2.75, 3.05) is 7.05 Å². The normalized spacial score (nSPS) is 25.5. The third-order valence-electron chi connectivity index (χ3n) is 4.72. The molecule has 1 N–H and O–H groups in total. The van der Waals surface area contributed by atoms with Gasteiger partial charge in [0.25, 0.3) is 5.91 Å². The van der Waals surface area contributed by atoms with E-state index in [1.807, 2.05) is 44.2 Å². The van der Waals surface area contributed by atoms with Gasteiger partial charge in [-0.3, -0.25) is 9.59 Å². The Morgan fingerprint density at radius 1 is 1.10 bits per heavy atom. The van der Waals surface area contributed by atoms with E-state index in [1.165, 1.54) is 0 Å². The van der Waals surface area contributed by atoms with E-state index in [4.69, 9.17) is 0 Å². The maximum absolute atomic E-state index is 12.8. The summed E-state index contributed by atoms with van der Waals surface area (Å²) < 4.78 is 0. The van der Waals surface area contributed by atoms with Crippen LogP contribution in [-0.4, -0.2) is 29.3 Å². The third-order valence-corrected chi connectivity index (χ3v) is 4.72. The first kappa shape index (κ1) is 14.6. The van der Waals surface area contributed by atoms with Gasteiger partial charge in [-0.05, 0) is 25.3 Å². The maximum Gasteiger partial charge on any atom is 0.251 e. The predicted octanol–water partition coefficient (Wildman–Crippen LogP) is 2.05. The Balaban J connectivity index is 2.50. The van der Waals surface area contributed by atoms with Crippen LogP contribution in [-0.2, 0) is 15.1 Å². The molecule has 1 atom stereocenters. The molecule has 0 spiro atoms. The molecule has 1 fully saturated rings. The van der Waals surface area contributed by atoms with Crippen molar-refractivity contribution >= 4 is 11.8 Å². The molecule has 0 aliphatic carbocycles. The SMILES string of the molecule is CCC1(CC)NC(=O)C(C)(c2ccccc2)N(C)C1=O. The van der Waals surface area contributed by atoms with E-state index in [0.29, 0.717) is 12.8 Å². The van der Waals surface area contributed by atoms with Crippen LogP contribution < -0.4 is 5.32 Å². The number of amides is 2. The highest BCUT2D eigenvalue weighted by Gasteiger charge is 2.54. The van der Waals surface area contributed by atoms with Crippen molar-refractivity contribution in [2.24, 2.45) is 0 Å². The lowest BCUT2D eigenvalue weighted by molar-refractivity contribution is -0.161. The summed E-state index contributed by atoms with van der Waals surface area (Å²) in [5, 5.41) is 2.97. The van der Waals surface area contributed by atoms with Gasteiger partial charge in [-0.2, -0.15) is 0 Å². The van der Waals surface area contributed by atoms with E-state index in [1.54, 1.807) is 18.9 Å². The first-order valence-corrected chi connectivity index (χ1v) is 7.08. The Kier molecular flexibility index (Phi) is 3.59. The van der Waals surface area contributed by atoms with Gasteiger partial charge >= 0.3 is 0 Å². The average molecular weight is 274 g/mol. The van der Waals surface area contributed by atoms with Crippen molar-refractivity contribution in [1.82, 2.24) is 10.2 Å². The molecule has 1 aromatic rings. The number of carbonyl (C=O) groups excluding carboxylic acids is 2. The van der Waals surface area contributed by atoms with E-state index in [-0.39, 0.29) is 11.8 Å². The van der Waals surface area contributed by atoms with Crippen molar-refractivity contribution < 1.29 is 9.59 Å². The highest BCUT2D eigenvalue weighted by Crippen LogP contribution is 2.35. The fraction of sp³-hybridized carbons (Fsp3) is 0.500. The van der Waals surface area contributed by atoms with Gasteiger partial charge in [0.1, 0.15) is 11.1 Å². The molecule has 2 amide bonds. The lowest BCUT2D eigenvalue weighted by Gasteiger charge is -2.49. The van der Waals surface area contributed by atoms with Crippen LogP contribution in [0.25, 0.3) is 0 Å². The van der Waals surface area contributed by atoms with E-state index < -0.39 is 11.1 Å². The molecule has 0 aromatic heterocycles. The molecule has 108 valence electrons. The first-order chi connectivity index (χ1) is 9.42. The smallest absolute Gasteiger partial charge is 0.251 e. The van der Waals surface area contributed by atoms with Crippen molar-refractivity contribution in [3.05, 3.63) is 35.9 Å². The van der Waals surface area contributed by atoms with Crippen LogP contribution in [0.2, 0.25) is 0 Å². The number of rotatable bonds is 3. The van der Waals surface area contributed by atoms with Crippen molar-refractivity contribution in [2.45, 2.75) is 44.7 Å². The molecule has 0 bridgehead atoms. The molecule has 1 heterocycles. The molecule has 4 heteroatoms.